The van der Waals surface area contributed by atoms with Crippen LogP contribution in [-0.2, 0) is 4.74 Å². The third kappa shape index (κ3) is 3.30. The van der Waals surface area contributed by atoms with Crippen LogP contribution in [0.2, 0.25) is 0 Å². The van der Waals surface area contributed by atoms with Crippen molar-refractivity contribution in [2.45, 2.75) is 44.4 Å². The number of imidazole rings is 1. The second kappa shape index (κ2) is 8.07. The zero-order chi connectivity index (χ0) is 16.7. The molecule has 140 valence electrons. The molecule has 0 radical (unpaired) electrons. The molecule has 1 fully saturated rings. The summed E-state index contributed by atoms with van der Waals surface area (Å²) in [5.74, 6) is 0.653. The number of thiophene rings is 1. The number of ether oxygens (including phenoxy) is 1. The molecule has 0 spiro atoms. The largest absolute Gasteiger partial charge is 0.412 e. The van der Waals surface area contributed by atoms with Crippen molar-refractivity contribution in [3.63, 3.8) is 0 Å². The molecule has 3 atom stereocenters. The third-order valence-corrected chi connectivity index (χ3v) is 5.47. The Balaban J connectivity index is 0.00000121. The molecule has 26 heavy (non-hydrogen) atoms. The molecule has 3 aromatic heterocycles. The highest BCUT2D eigenvalue weighted by Crippen LogP contribution is 2.36. The zero-order valence-corrected chi connectivity index (χ0v) is 15.2. The number of pyridine rings is 1. The summed E-state index contributed by atoms with van der Waals surface area (Å²) in [5.41, 5.74) is 2.78. The Bertz CT molecular complexity index is 922. The van der Waals surface area contributed by atoms with E-state index in [4.69, 9.17) is 10.00 Å². The highest BCUT2D eigenvalue weighted by atomic mass is 32.1. The minimum absolute atomic E-state index is 0. The Labute approximate surface area is 154 Å². The van der Waals surface area contributed by atoms with Crippen LogP contribution in [-0.4, -0.2) is 43.3 Å². The Morgan fingerprint density at radius 3 is 2.88 bits per heavy atom. The Morgan fingerprint density at radius 1 is 1.42 bits per heavy atom. The van der Waals surface area contributed by atoms with Crippen LogP contribution in [0.3, 0.4) is 0 Å². The standard InChI is InChI=1S/C17H18N4O2S.2H2O/c1-10(22)17-20-14-8-19-13-5-7-24-16(13)15(14)21(17)11-2-3-12(4-6-18)23-9-11;;/h5,7-8,10-12,22H,2-4,9H2,1H3;2*1H2/t10-,11+,12-;;/m1../s1. The maximum Gasteiger partial charge on any atom is 0.139 e. The van der Waals surface area contributed by atoms with Gasteiger partial charge in [-0.15, -0.1) is 11.3 Å². The van der Waals surface area contributed by atoms with E-state index in [0.717, 1.165) is 34.1 Å². The van der Waals surface area contributed by atoms with Gasteiger partial charge in [-0.05, 0) is 31.2 Å². The summed E-state index contributed by atoms with van der Waals surface area (Å²) >= 11 is 1.64. The minimum atomic E-state index is -0.663. The van der Waals surface area contributed by atoms with Crippen molar-refractivity contribution in [2.75, 3.05) is 6.61 Å². The first-order valence-corrected chi connectivity index (χ1v) is 8.97. The lowest BCUT2D eigenvalue weighted by Crippen LogP contribution is -2.29. The molecule has 0 unspecified atom stereocenters. The van der Waals surface area contributed by atoms with Crippen molar-refractivity contribution in [3.8, 4) is 6.07 Å². The molecule has 0 saturated carbocycles. The summed E-state index contributed by atoms with van der Waals surface area (Å²) in [6, 6.07) is 4.29. The molecule has 0 aromatic carbocycles. The van der Waals surface area contributed by atoms with Gasteiger partial charge in [0.15, 0.2) is 0 Å². The Hall–Kier alpha value is -2.09. The van der Waals surface area contributed by atoms with E-state index in [9.17, 15) is 5.11 Å². The average molecular weight is 378 g/mol. The number of nitrogens with zero attached hydrogens (tertiary/aromatic N) is 4. The molecule has 1 aliphatic rings. The van der Waals surface area contributed by atoms with Crippen LogP contribution >= 0.6 is 11.3 Å². The van der Waals surface area contributed by atoms with Crippen molar-refractivity contribution in [3.05, 3.63) is 23.5 Å². The van der Waals surface area contributed by atoms with Gasteiger partial charge in [0, 0.05) is 0 Å². The summed E-state index contributed by atoms with van der Waals surface area (Å²) < 4.78 is 9.08. The van der Waals surface area contributed by atoms with Crippen LogP contribution in [0.15, 0.2) is 17.6 Å². The van der Waals surface area contributed by atoms with E-state index in [-0.39, 0.29) is 23.1 Å². The predicted octanol–water partition coefficient (Wildman–Crippen LogP) is 1.68. The van der Waals surface area contributed by atoms with Gasteiger partial charge >= 0.3 is 0 Å². The van der Waals surface area contributed by atoms with Gasteiger partial charge in [-0.3, -0.25) is 4.98 Å². The first-order chi connectivity index (χ1) is 11.7. The van der Waals surface area contributed by atoms with E-state index in [1.165, 1.54) is 0 Å². The SMILES string of the molecule is C[C@@H](O)c1nc2cnc3ccsc3c2n1[C@H]1CC[C@H](CC#N)OC1.O.O. The Morgan fingerprint density at radius 2 is 2.23 bits per heavy atom. The highest BCUT2D eigenvalue weighted by molar-refractivity contribution is 7.18. The lowest BCUT2D eigenvalue weighted by Gasteiger charge is -2.30. The molecule has 3 aromatic rings. The third-order valence-electron chi connectivity index (χ3n) is 4.55. The fourth-order valence-corrected chi connectivity index (χ4v) is 4.31. The number of aliphatic hydroxyl groups is 1. The van der Waals surface area contributed by atoms with Gasteiger partial charge in [0.2, 0.25) is 0 Å². The van der Waals surface area contributed by atoms with Crippen molar-refractivity contribution >= 4 is 32.6 Å². The molecule has 0 bridgehead atoms. The molecule has 0 amide bonds. The van der Waals surface area contributed by atoms with E-state index in [1.807, 2.05) is 11.4 Å². The number of hydrogen-bond acceptors (Lipinski definition) is 6. The van der Waals surface area contributed by atoms with Gasteiger partial charge < -0.3 is 25.4 Å². The summed E-state index contributed by atoms with van der Waals surface area (Å²) in [6.07, 6.45) is 3.31. The molecule has 5 N–H and O–H groups in total. The summed E-state index contributed by atoms with van der Waals surface area (Å²) in [5, 5.41) is 21.1. The fourth-order valence-electron chi connectivity index (χ4n) is 3.42. The number of hydrogen-bond donors (Lipinski definition) is 1. The number of nitriles is 1. The van der Waals surface area contributed by atoms with Gasteiger partial charge in [0.1, 0.15) is 17.4 Å². The molecular formula is C17H22N4O4S. The number of aliphatic hydroxyl groups excluding tert-OH is 1. The predicted molar refractivity (Wildman–Crippen MR) is 99.0 cm³/mol. The minimum Gasteiger partial charge on any atom is -0.412 e. The van der Waals surface area contributed by atoms with Crippen LogP contribution in [0.5, 0.6) is 0 Å². The van der Waals surface area contributed by atoms with E-state index in [0.29, 0.717) is 18.9 Å². The monoisotopic (exact) mass is 378 g/mol. The second-order valence-corrected chi connectivity index (χ2v) is 7.11. The summed E-state index contributed by atoms with van der Waals surface area (Å²) in [7, 11) is 0. The van der Waals surface area contributed by atoms with Gasteiger partial charge in [0.25, 0.3) is 0 Å². The van der Waals surface area contributed by atoms with E-state index in [1.54, 1.807) is 24.5 Å². The smallest absolute Gasteiger partial charge is 0.139 e. The molecule has 0 aliphatic carbocycles. The van der Waals surface area contributed by atoms with Crippen LogP contribution in [0.1, 0.15) is 44.2 Å². The van der Waals surface area contributed by atoms with Gasteiger partial charge in [-0.1, -0.05) is 0 Å². The Kier molecular flexibility index (Phi) is 6.28. The maximum absolute atomic E-state index is 10.2. The lowest BCUT2D eigenvalue weighted by atomic mass is 10.0. The molecule has 1 aliphatic heterocycles. The molecule has 1 saturated heterocycles. The van der Waals surface area contributed by atoms with Gasteiger partial charge in [-0.2, -0.15) is 5.26 Å². The number of aromatic nitrogens is 3. The number of rotatable bonds is 3. The van der Waals surface area contributed by atoms with Crippen LogP contribution in [0.25, 0.3) is 21.3 Å². The maximum atomic E-state index is 10.2. The number of fused-ring (bicyclic) bond motifs is 3. The van der Waals surface area contributed by atoms with Crippen molar-refractivity contribution in [1.29, 1.82) is 5.26 Å². The van der Waals surface area contributed by atoms with Crippen LogP contribution < -0.4 is 0 Å². The second-order valence-electron chi connectivity index (χ2n) is 6.19. The van der Waals surface area contributed by atoms with E-state index < -0.39 is 6.10 Å². The fraction of sp³-hybridized carbons (Fsp3) is 0.471. The lowest BCUT2D eigenvalue weighted by molar-refractivity contribution is -0.00949. The molecule has 8 nitrogen and oxygen atoms in total. The van der Waals surface area contributed by atoms with Crippen molar-refractivity contribution in [2.24, 2.45) is 0 Å². The highest BCUT2D eigenvalue weighted by Gasteiger charge is 2.28. The van der Waals surface area contributed by atoms with Gasteiger partial charge in [-0.25, -0.2) is 4.98 Å². The quantitative estimate of drug-likeness (QED) is 0.736. The van der Waals surface area contributed by atoms with Gasteiger partial charge in [0.05, 0.1) is 53.2 Å². The topological polar surface area (TPSA) is 147 Å². The van der Waals surface area contributed by atoms with Crippen LogP contribution in [0, 0.1) is 11.3 Å². The summed E-state index contributed by atoms with van der Waals surface area (Å²) in [4.78, 5) is 9.07. The van der Waals surface area contributed by atoms with Crippen molar-refractivity contribution < 1.29 is 20.8 Å². The zero-order valence-electron chi connectivity index (χ0n) is 14.3. The molecular weight excluding hydrogens is 356 g/mol. The summed E-state index contributed by atoms with van der Waals surface area (Å²) in [6.45, 7) is 2.27. The van der Waals surface area contributed by atoms with E-state index >= 15 is 0 Å². The first kappa shape index (κ1) is 20.2. The van der Waals surface area contributed by atoms with E-state index in [2.05, 4.69) is 20.6 Å². The average Bonchev–Trinajstić information content (AvgIpc) is 3.19. The van der Waals surface area contributed by atoms with Crippen LogP contribution in [0.4, 0.5) is 0 Å². The normalized spacial score (nSPS) is 21.0. The molecule has 9 heteroatoms. The first-order valence-electron chi connectivity index (χ1n) is 8.09. The molecule has 4 rings (SSSR count). The molecule has 4 heterocycles. The van der Waals surface area contributed by atoms with Crippen molar-refractivity contribution in [1.82, 2.24) is 14.5 Å².